The average Bonchev–Trinajstić information content (AvgIpc) is 2.54. The van der Waals surface area contributed by atoms with Crippen LogP contribution in [0.1, 0.15) is 5.56 Å². The number of fused-ring (bicyclic) bond motifs is 1. The maximum Gasteiger partial charge on any atom is 0.133 e. The Hall–Kier alpha value is -1.72. The van der Waals surface area contributed by atoms with Crippen LogP contribution in [-0.4, -0.2) is 29.9 Å². The van der Waals surface area contributed by atoms with Gasteiger partial charge >= 0.3 is 0 Å². The Bertz CT molecular complexity index is 620. The van der Waals surface area contributed by atoms with Gasteiger partial charge in [-0.05, 0) is 37.2 Å². The van der Waals surface area contributed by atoms with Crippen molar-refractivity contribution in [2.75, 3.05) is 18.5 Å². The summed E-state index contributed by atoms with van der Waals surface area (Å²) >= 11 is 1.84. The maximum absolute atomic E-state index is 6.15. The fourth-order valence-electron chi connectivity index (χ4n) is 2.50. The van der Waals surface area contributed by atoms with Crippen molar-refractivity contribution in [3.8, 4) is 5.75 Å². The van der Waals surface area contributed by atoms with Gasteiger partial charge in [0.15, 0.2) is 0 Å². The van der Waals surface area contributed by atoms with Gasteiger partial charge in [0, 0.05) is 34.8 Å². The van der Waals surface area contributed by atoms with E-state index in [0.717, 1.165) is 29.2 Å². The molecule has 1 aliphatic rings. The number of hydrogen-bond donors (Lipinski definition) is 2. The SMILES string of the molecule is CNC(Cc1cnccc1N)C1CSc2ccccc2O1. The first-order valence-electron chi connectivity index (χ1n) is 7.02. The van der Waals surface area contributed by atoms with E-state index in [1.54, 1.807) is 6.20 Å². The third kappa shape index (κ3) is 3.14. The minimum Gasteiger partial charge on any atom is -0.487 e. The minimum absolute atomic E-state index is 0.120. The van der Waals surface area contributed by atoms with E-state index < -0.39 is 0 Å². The molecule has 0 aliphatic carbocycles. The second kappa shape index (κ2) is 6.37. The van der Waals surface area contributed by atoms with Gasteiger partial charge in [-0.15, -0.1) is 11.8 Å². The fraction of sp³-hybridized carbons (Fsp3) is 0.312. The quantitative estimate of drug-likeness (QED) is 0.908. The highest BCUT2D eigenvalue weighted by Crippen LogP contribution is 2.36. The van der Waals surface area contributed by atoms with Gasteiger partial charge in [0.2, 0.25) is 0 Å². The number of nitrogens with two attached hydrogens (primary N) is 1. The Labute approximate surface area is 129 Å². The summed E-state index contributed by atoms with van der Waals surface area (Å²) in [6.45, 7) is 0. The summed E-state index contributed by atoms with van der Waals surface area (Å²) in [7, 11) is 1.96. The second-order valence-electron chi connectivity index (χ2n) is 5.09. The average molecular weight is 301 g/mol. The number of thioether (sulfide) groups is 1. The summed E-state index contributed by atoms with van der Waals surface area (Å²) in [6, 6.07) is 10.2. The highest BCUT2D eigenvalue weighted by Gasteiger charge is 2.27. The molecule has 0 amide bonds. The number of aromatic nitrogens is 1. The second-order valence-corrected chi connectivity index (χ2v) is 6.15. The summed E-state index contributed by atoms with van der Waals surface area (Å²) in [4.78, 5) is 5.37. The lowest BCUT2D eigenvalue weighted by molar-refractivity contribution is 0.169. The standard InChI is InChI=1S/C16H19N3OS/c1-18-13(8-11-9-19-7-6-12(11)17)15-10-21-16-5-3-2-4-14(16)20-15/h2-7,9,13,15,18H,8,10H2,1H3,(H2,17,19). The van der Waals surface area contributed by atoms with Gasteiger partial charge in [-0.3, -0.25) is 4.98 Å². The van der Waals surface area contributed by atoms with Crippen LogP contribution in [0.3, 0.4) is 0 Å². The monoisotopic (exact) mass is 301 g/mol. The molecular formula is C16H19N3OS. The number of benzene rings is 1. The smallest absolute Gasteiger partial charge is 0.133 e. The van der Waals surface area contributed by atoms with Crippen molar-refractivity contribution in [1.82, 2.24) is 10.3 Å². The summed E-state index contributed by atoms with van der Waals surface area (Å²) in [5.41, 5.74) is 7.86. The van der Waals surface area contributed by atoms with E-state index in [4.69, 9.17) is 10.5 Å². The molecule has 5 heteroatoms. The van der Waals surface area contributed by atoms with E-state index in [2.05, 4.69) is 16.4 Å². The molecule has 0 fully saturated rings. The van der Waals surface area contributed by atoms with E-state index in [1.165, 1.54) is 4.90 Å². The van der Waals surface area contributed by atoms with Gasteiger partial charge < -0.3 is 15.8 Å². The van der Waals surface area contributed by atoms with Crippen molar-refractivity contribution >= 4 is 17.4 Å². The number of nitrogen functional groups attached to an aromatic ring is 1. The predicted molar refractivity (Wildman–Crippen MR) is 86.8 cm³/mol. The van der Waals surface area contributed by atoms with Crippen LogP contribution in [0.25, 0.3) is 0 Å². The summed E-state index contributed by atoms with van der Waals surface area (Å²) < 4.78 is 6.15. The van der Waals surface area contributed by atoms with Gasteiger partial charge in [-0.1, -0.05) is 12.1 Å². The highest BCUT2D eigenvalue weighted by atomic mass is 32.2. The number of pyridine rings is 1. The molecule has 0 saturated carbocycles. The van der Waals surface area contributed by atoms with E-state index in [9.17, 15) is 0 Å². The predicted octanol–water partition coefficient (Wildman–Crippen LogP) is 2.35. The first kappa shape index (κ1) is 14.2. The number of hydrogen-bond acceptors (Lipinski definition) is 5. The van der Waals surface area contributed by atoms with Crippen LogP contribution < -0.4 is 15.8 Å². The number of rotatable bonds is 4. The molecule has 0 spiro atoms. The van der Waals surface area contributed by atoms with Gasteiger partial charge in [-0.2, -0.15) is 0 Å². The van der Waals surface area contributed by atoms with E-state index in [-0.39, 0.29) is 12.1 Å². The molecule has 2 aromatic rings. The van der Waals surface area contributed by atoms with Crippen LogP contribution >= 0.6 is 11.8 Å². The zero-order valence-corrected chi connectivity index (χ0v) is 12.8. The molecular weight excluding hydrogens is 282 g/mol. The van der Waals surface area contributed by atoms with Gasteiger partial charge in [0.05, 0.1) is 0 Å². The lowest BCUT2D eigenvalue weighted by Gasteiger charge is -2.32. The molecule has 4 nitrogen and oxygen atoms in total. The number of para-hydroxylation sites is 1. The van der Waals surface area contributed by atoms with Crippen molar-refractivity contribution in [2.45, 2.75) is 23.5 Å². The van der Waals surface area contributed by atoms with E-state index >= 15 is 0 Å². The number of nitrogens with zero attached hydrogens (tertiary/aromatic N) is 1. The Morgan fingerprint density at radius 2 is 2.29 bits per heavy atom. The topological polar surface area (TPSA) is 60.2 Å². The van der Waals surface area contributed by atoms with Gasteiger partial charge in [0.1, 0.15) is 11.9 Å². The molecule has 1 aromatic heterocycles. The fourth-order valence-corrected chi connectivity index (χ4v) is 3.58. The molecule has 2 atom stereocenters. The van der Waals surface area contributed by atoms with Crippen LogP contribution in [-0.2, 0) is 6.42 Å². The summed E-state index contributed by atoms with van der Waals surface area (Å²) in [5.74, 6) is 1.90. The molecule has 2 unspecified atom stereocenters. The van der Waals surface area contributed by atoms with Crippen molar-refractivity contribution in [3.63, 3.8) is 0 Å². The molecule has 21 heavy (non-hydrogen) atoms. The third-order valence-electron chi connectivity index (χ3n) is 3.73. The van der Waals surface area contributed by atoms with Crippen LogP contribution in [0, 0.1) is 0 Å². The Morgan fingerprint density at radius 1 is 1.43 bits per heavy atom. The minimum atomic E-state index is 0.120. The van der Waals surface area contributed by atoms with Crippen LogP contribution in [0.5, 0.6) is 5.75 Å². The summed E-state index contributed by atoms with van der Waals surface area (Å²) in [6.07, 6.45) is 4.48. The van der Waals surface area contributed by atoms with Crippen molar-refractivity contribution in [3.05, 3.63) is 48.3 Å². The van der Waals surface area contributed by atoms with E-state index in [0.29, 0.717) is 0 Å². The molecule has 1 aliphatic heterocycles. The third-order valence-corrected chi connectivity index (χ3v) is 4.87. The number of nitrogens with one attached hydrogen (secondary N) is 1. The number of likely N-dealkylation sites (N-methyl/N-ethyl adjacent to an activating group) is 1. The maximum atomic E-state index is 6.15. The van der Waals surface area contributed by atoms with Crippen molar-refractivity contribution in [2.24, 2.45) is 0 Å². The van der Waals surface area contributed by atoms with Gasteiger partial charge in [-0.25, -0.2) is 0 Å². The highest BCUT2D eigenvalue weighted by molar-refractivity contribution is 7.99. The lowest BCUT2D eigenvalue weighted by Crippen LogP contribution is -2.45. The molecule has 3 N–H and O–H groups in total. The first-order valence-corrected chi connectivity index (χ1v) is 8.00. The van der Waals surface area contributed by atoms with Crippen molar-refractivity contribution < 1.29 is 4.74 Å². The number of ether oxygens (including phenoxy) is 1. The molecule has 1 aromatic carbocycles. The van der Waals surface area contributed by atoms with Crippen LogP contribution in [0.15, 0.2) is 47.6 Å². The number of anilines is 1. The Kier molecular flexibility index (Phi) is 4.31. The zero-order chi connectivity index (χ0) is 14.7. The zero-order valence-electron chi connectivity index (χ0n) is 12.0. The molecule has 0 saturated heterocycles. The molecule has 110 valence electrons. The Morgan fingerprint density at radius 3 is 3.10 bits per heavy atom. The summed E-state index contributed by atoms with van der Waals surface area (Å²) in [5, 5.41) is 3.36. The largest absolute Gasteiger partial charge is 0.487 e. The molecule has 3 rings (SSSR count). The lowest BCUT2D eigenvalue weighted by atomic mass is 10.0. The molecule has 0 bridgehead atoms. The first-order chi connectivity index (χ1) is 10.3. The van der Waals surface area contributed by atoms with E-state index in [1.807, 2.05) is 49.3 Å². The normalized spacial score (nSPS) is 18.6. The van der Waals surface area contributed by atoms with Crippen LogP contribution in [0.4, 0.5) is 5.69 Å². The Balaban J connectivity index is 1.74. The molecule has 2 heterocycles. The van der Waals surface area contributed by atoms with Crippen LogP contribution in [0.2, 0.25) is 0 Å². The van der Waals surface area contributed by atoms with Crippen molar-refractivity contribution in [1.29, 1.82) is 0 Å². The van der Waals surface area contributed by atoms with Gasteiger partial charge in [0.25, 0.3) is 0 Å². The molecule has 0 radical (unpaired) electrons.